The molecule has 1 aliphatic rings. The van der Waals surface area contributed by atoms with Crippen LogP contribution < -0.4 is 0 Å². The topological polar surface area (TPSA) is 76.6 Å². The highest BCUT2D eigenvalue weighted by molar-refractivity contribution is 7.99. The number of rotatable bonds is 3. The van der Waals surface area contributed by atoms with Gasteiger partial charge in [0.25, 0.3) is 5.91 Å². The minimum absolute atomic E-state index is 0.0287. The van der Waals surface area contributed by atoms with Crippen molar-refractivity contribution in [1.82, 2.24) is 4.90 Å². The largest absolute Gasteiger partial charge is 0.433 e. The molecule has 2 heterocycles. The Kier molecular flexibility index (Phi) is 4.89. The average Bonchev–Trinajstić information content (AvgIpc) is 2.94. The zero-order chi connectivity index (χ0) is 17.1. The third kappa shape index (κ3) is 3.46. The summed E-state index contributed by atoms with van der Waals surface area (Å²) in [6, 6.07) is 10.9. The molecule has 1 unspecified atom stereocenters. The number of carbonyl (C=O) groups is 1. The van der Waals surface area contributed by atoms with Crippen LogP contribution in [0.2, 0.25) is 0 Å². The van der Waals surface area contributed by atoms with Crippen LogP contribution in [0.5, 0.6) is 0 Å². The van der Waals surface area contributed by atoms with Crippen LogP contribution in [0, 0.1) is 17.0 Å². The zero-order valence-corrected chi connectivity index (χ0v) is 14.1. The molecule has 0 spiro atoms. The van der Waals surface area contributed by atoms with Crippen LogP contribution in [-0.2, 0) is 0 Å². The van der Waals surface area contributed by atoms with Crippen molar-refractivity contribution in [2.24, 2.45) is 0 Å². The smallest absolute Gasteiger partial charge is 0.395 e. The van der Waals surface area contributed by atoms with Gasteiger partial charge in [-0.25, -0.2) is 0 Å². The minimum Gasteiger partial charge on any atom is -0.395 e. The first-order valence-electron chi connectivity index (χ1n) is 7.77. The van der Waals surface area contributed by atoms with E-state index in [1.54, 1.807) is 4.90 Å². The summed E-state index contributed by atoms with van der Waals surface area (Å²) in [5.41, 5.74) is 2.57. The molecule has 3 rings (SSSR count). The molecule has 0 radical (unpaired) electrons. The first-order valence-corrected chi connectivity index (χ1v) is 8.82. The minimum atomic E-state index is -0.636. The number of benzene rings is 1. The lowest BCUT2D eigenvalue weighted by Gasteiger charge is -2.19. The van der Waals surface area contributed by atoms with E-state index in [-0.39, 0.29) is 11.7 Å². The molecule has 6 nitrogen and oxygen atoms in total. The van der Waals surface area contributed by atoms with Gasteiger partial charge in [0.05, 0.1) is 6.07 Å². The van der Waals surface area contributed by atoms with Crippen LogP contribution in [0.25, 0.3) is 0 Å². The van der Waals surface area contributed by atoms with Gasteiger partial charge in [-0.05, 0) is 30.5 Å². The average molecular weight is 346 g/mol. The first-order chi connectivity index (χ1) is 11.6. The molecule has 1 atom stereocenters. The van der Waals surface area contributed by atoms with E-state index in [2.05, 4.69) is 19.1 Å². The molecule has 1 aliphatic heterocycles. The number of hydrogen-bond acceptors (Lipinski definition) is 5. The molecule has 1 amide bonds. The monoisotopic (exact) mass is 346 g/mol. The normalized spacial score (nSPS) is 18.2. The number of amides is 1. The van der Waals surface area contributed by atoms with E-state index in [4.69, 9.17) is 4.42 Å². The third-order valence-corrected chi connectivity index (χ3v) is 5.46. The summed E-state index contributed by atoms with van der Waals surface area (Å²) in [6.07, 6.45) is 0.851. The van der Waals surface area contributed by atoms with Crippen LogP contribution in [0.4, 0.5) is 5.88 Å². The van der Waals surface area contributed by atoms with Crippen molar-refractivity contribution in [2.75, 3.05) is 18.8 Å². The number of hydrogen-bond donors (Lipinski definition) is 0. The van der Waals surface area contributed by atoms with Gasteiger partial charge in [-0.1, -0.05) is 24.3 Å². The summed E-state index contributed by atoms with van der Waals surface area (Å²) in [7, 11) is 0. The molecule has 0 bridgehead atoms. The van der Waals surface area contributed by atoms with Crippen LogP contribution in [0.1, 0.15) is 33.4 Å². The fourth-order valence-electron chi connectivity index (χ4n) is 2.87. The fourth-order valence-corrected chi connectivity index (χ4v) is 4.19. The summed E-state index contributed by atoms with van der Waals surface area (Å²) in [6.45, 7) is 3.32. The predicted molar refractivity (Wildman–Crippen MR) is 92.3 cm³/mol. The molecular weight excluding hydrogens is 328 g/mol. The summed E-state index contributed by atoms with van der Waals surface area (Å²) in [5, 5.41) is 11.0. The Bertz CT molecular complexity index is 759. The summed E-state index contributed by atoms with van der Waals surface area (Å²) < 4.78 is 5.03. The standard InChI is InChI=1S/C17H18N2O4S/c1-12-4-2-3-5-13(12)15-8-9-18(10-11-24-15)17(20)14-6-7-16(23-14)19(21)22/h2-7,15H,8-11H2,1H3. The van der Waals surface area contributed by atoms with E-state index in [9.17, 15) is 14.9 Å². The van der Waals surface area contributed by atoms with E-state index in [1.165, 1.54) is 23.3 Å². The summed E-state index contributed by atoms with van der Waals surface area (Å²) in [5.74, 6) is 0.170. The molecule has 1 aromatic heterocycles. The van der Waals surface area contributed by atoms with Gasteiger partial charge in [0.15, 0.2) is 5.76 Å². The molecule has 0 aliphatic carbocycles. The number of nitro groups is 1. The summed E-state index contributed by atoms with van der Waals surface area (Å²) in [4.78, 5) is 24.3. The second kappa shape index (κ2) is 7.09. The maximum absolute atomic E-state index is 12.5. The predicted octanol–water partition coefficient (Wildman–Crippen LogP) is 3.82. The maximum atomic E-state index is 12.5. The van der Waals surface area contributed by atoms with Crippen molar-refractivity contribution in [1.29, 1.82) is 0 Å². The number of aryl methyl sites for hydroxylation is 1. The van der Waals surface area contributed by atoms with Crippen LogP contribution >= 0.6 is 11.8 Å². The van der Waals surface area contributed by atoms with Crippen molar-refractivity contribution >= 4 is 23.6 Å². The zero-order valence-electron chi connectivity index (χ0n) is 13.3. The lowest BCUT2D eigenvalue weighted by atomic mass is 10.0. The molecule has 1 saturated heterocycles. The second-order valence-corrected chi connectivity index (χ2v) is 7.00. The van der Waals surface area contributed by atoms with Gasteiger partial charge in [-0.2, -0.15) is 11.8 Å². The van der Waals surface area contributed by atoms with Crippen LogP contribution in [0.3, 0.4) is 0 Å². The van der Waals surface area contributed by atoms with Crippen molar-refractivity contribution in [3.05, 3.63) is 63.4 Å². The molecule has 2 aromatic rings. The number of nitrogens with zero attached hydrogens (tertiary/aromatic N) is 2. The lowest BCUT2D eigenvalue weighted by Crippen LogP contribution is -2.32. The molecule has 0 saturated carbocycles. The van der Waals surface area contributed by atoms with Crippen molar-refractivity contribution in [2.45, 2.75) is 18.6 Å². The van der Waals surface area contributed by atoms with E-state index >= 15 is 0 Å². The van der Waals surface area contributed by atoms with Gasteiger partial charge in [0, 0.05) is 24.1 Å². The Labute approximate surface area is 144 Å². The van der Waals surface area contributed by atoms with Crippen molar-refractivity contribution < 1.29 is 14.1 Å². The second-order valence-electron chi connectivity index (χ2n) is 5.69. The lowest BCUT2D eigenvalue weighted by molar-refractivity contribution is -0.402. The van der Waals surface area contributed by atoms with E-state index in [0.717, 1.165) is 12.2 Å². The number of carbonyl (C=O) groups excluding carboxylic acids is 1. The maximum Gasteiger partial charge on any atom is 0.433 e. The molecule has 126 valence electrons. The Hall–Kier alpha value is -2.28. The van der Waals surface area contributed by atoms with Gasteiger partial charge in [-0.15, -0.1) is 0 Å². The highest BCUT2D eigenvalue weighted by Crippen LogP contribution is 2.36. The number of furan rings is 1. The highest BCUT2D eigenvalue weighted by Gasteiger charge is 2.26. The SMILES string of the molecule is Cc1ccccc1C1CCN(C(=O)c2ccc([N+](=O)[O-])o2)CCS1. The van der Waals surface area contributed by atoms with E-state index in [1.807, 2.05) is 23.9 Å². The van der Waals surface area contributed by atoms with Crippen LogP contribution in [0.15, 0.2) is 40.8 Å². The van der Waals surface area contributed by atoms with Gasteiger partial charge in [-0.3, -0.25) is 14.9 Å². The molecule has 1 aromatic carbocycles. The van der Waals surface area contributed by atoms with E-state index < -0.39 is 10.8 Å². The van der Waals surface area contributed by atoms with E-state index in [0.29, 0.717) is 18.3 Å². The first kappa shape index (κ1) is 16.6. The molecule has 0 N–H and O–H groups in total. The Morgan fingerprint density at radius 1 is 1.29 bits per heavy atom. The molecule has 24 heavy (non-hydrogen) atoms. The van der Waals surface area contributed by atoms with Crippen molar-refractivity contribution in [3.63, 3.8) is 0 Å². The highest BCUT2D eigenvalue weighted by atomic mass is 32.2. The third-order valence-electron chi connectivity index (χ3n) is 4.15. The Morgan fingerprint density at radius 2 is 2.08 bits per heavy atom. The van der Waals surface area contributed by atoms with Gasteiger partial charge >= 0.3 is 5.88 Å². The molecular formula is C17H18N2O4S. The van der Waals surface area contributed by atoms with Gasteiger partial charge in [0.1, 0.15) is 4.92 Å². The Morgan fingerprint density at radius 3 is 2.79 bits per heavy atom. The van der Waals surface area contributed by atoms with Crippen molar-refractivity contribution in [3.8, 4) is 0 Å². The summed E-state index contributed by atoms with van der Waals surface area (Å²) >= 11 is 1.85. The van der Waals surface area contributed by atoms with Gasteiger partial charge < -0.3 is 9.32 Å². The Balaban J connectivity index is 1.70. The number of thioether (sulfide) groups is 1. The quantitative estimate of drug-likeness (QED) is 0.624. The fraction of sp³-hybridized carbons (Fsp3) is 0.353. The molecule has 1 fully saturated rings. The van der Waals surface area contributed by atoms with Crippen LogP contribution in [-0.4, -0.2) is 34.6 Å². The molecule has 7 heteroatoms. The van der Waals surface area contributed by atoms with Gasteiger partial charge in [0.2, 0.25) is 0 Å².